The quantitative estimate of drug-likeness (QED) is 0.694. The number of fused-ring (bicyclic) bond motifs is 1. The Morgan fingerprint density at radius 3 is 2.69 bits per heavy atom. The van der Waals surface area contributed by atoms with E-state index in [4.69, 9.17) is 0 Å². The van der Waals surface area contributed by atoms with Gasteiger partial charge in [0, 0.05) is 25.6 Å². The van der Waals surface area contributed by atoms with Crippen molar-refractivity contribution in [1.29, 1.82) is 0 Å². The highest BCUT2D eigenvalue weighted by atomic mass is 16.4. The van der Waals surface area contributed by atoms with E-state index in [0.29, 0.717) is 24.0 Å². The maximum atomic E-state index is 13.2. The van der Waals surface area contributed by atoms with Crippen molar-refractivity contribution in [2.75, 3.05) is 6.54 Å². The molecule has 9 heteroatoms. The van der Waals surface area contributed by atoms with Gasteiger partial charge in [0.1, 0.15) is 6.04 Å². The van der Waals surface area contributed by atoms with E-state index < -0.39 is 18.0 Å². The number of amides is 3. The van der Waals surface area contributed by atoms with Crippen LogP contribution in [-0.2, 0) is 16.6 Å². The van der Waals surface area contributed by atoms with Crippen molar-refractivity contribution in [3.63, 3.8) is 0 Å². The number of imidazole rings is 1. The van der Waals surface area contributed by atoms with Crippen molar-refractivity contribution in [3.05, 3.63) is 40.3 Å². The summed E-state index contributed by atoms with van der Waals surface area (Å²) in [5.74, 6) is -0.788. The predicted molar refractivity (Wildman–Crippen MR) is 119 cm³/mol. The molecule has 0 bridgehead atoms. The van der Waals surface area contributed by atoms with E-state index in [9.17, 15) is 24.3 Å². The molecule has 170 valence electrons. The minimum Gasteiger partial charge on any atom is -0.465 e. The number of carbonyl (C=O) groups is 3. The number of aromatic nitrogens is 2. The van der Waals surface area contributed by atoms with Crippen LogP contribution in [-0.4, -0.2) is 49.6 Å². The van der Waals surface area contributed by atoms with E-state index in [-0.39, 0.29) is 30.5 Å². The van der Waals surface area contributed by atoms with Crippen molar-refractivity contribution in [2.24, 2.45) is 7.05 Å². The van der Waals surface area contributed by atoms with E-state index in [2.05, 4.69) is 12.2 Å². The zero-order valence-electron chi connectivity index (χ0n) is 18.3. The van der Waals surface area contributed by atoms with Gasteiger partial charge in [-0.1, -0.05) is 38.0 Å². The predicted octanol–water partition coefficient (Wildman–Crippen LogP) is 2.64. The zero-order chi connectivity index (χ0) is 23.0. The highest BCUT2D eigenvalue weighted by Crippen LogP contribution is 2.33. The Labute approximate surface area is 185 Å². The van der Waals surface area contributed by atoms with Crippen LogP contribution >= 0.6 is 0 Å². The molecule has 0 aliphatic carbocycles. The van der Waals surface area contributed by atoms with Crippen molar-refractivity contribution in [2.45, 2.75) is 57.5 Å². The molecular weight excluding hydrogens is 412 g/mol. The van der Waals surface area contributed by atoms with Gasteiger partial charge in [-0.05, 0) is 30.9 Å². The number of piperidine rings is 1. The SMILES string of the molecule is CCCCC1C=C(c2cccc3c2n(C)c(=O)n3C2CCC(=O)NC2=O)CCN1C(=O)O. The number of rotatable bonds is 5. The summed E-state index contributed by atoms with van der Waals surface area (Å²) in [4.78, 5) is 50.4. The number of hydrogen-bond acceptors (Lipinski definition) is 4. The first-order valence-corrected chi connectivity index (χ1v) is 11.1. The fourth-order valence-electron chi connectivity index (χ4n) is 4.85. The average molecular weight is 441 g/mol. The number of unbranched alkanes of at least 4 members (excludes halogenated alkanes) is 1. The minimum absolute atomic E-state index is 0.189. The average Bonchev–Trinajstić information content (AvgIpc) is 3.02. The fraction of sp³-hybridized carbons (Fsp3) is 0.478. The number of aryl methyl sites for hydroxylation is 1. The first kappa shape index (κ1) is 21.9. The molecule has 1 fully saturated rings. The maximum Gasteiger partial charge on any atom is 0.407 e. The summed E-state index contributed by atoms with van der Waals surface area (Å²) in [6.45, 7) is 2.47. The van der Waals surface area contributed by atoms with Crippen LogP contribution in [0.15, 0.2) is 29.1 Å². The molecule has 2 aliphatic heterocycles. The van der Waals surface area contributed by atoms with Crippen LogP contribution < -0.4 is 11.0 Å². The number of nitrogens with zero attached hydrogens (tertiary/aromatic N) is 3. The van der Waals surface area contributed by atoms with E-state index in [1.165, 1.54) is 9.47 Å². The molecule has 1 aromatic carbocycles. The maximum absolute atomic E-state index is 13.2. The van der Waals surface area contributed by atoms with Crippen LogP contribution in [0.5, 0.6) is 0 Å². The van der Waals surface area contributed by atoms with Crippen LogP contribution in [0.4, 0.5) is 4.79 Å². The molecule has 2 aromatic rings. The second-order valence-corrected chi connectivity index (χ2v) is 8.48. The number of nitrogens with one attached hydrogen (secondary N) is 1. The minimum atomic E-state index is -0.920. The Balaban J connectivity index is 1.81. The monoisotopic (exact) mass is 440 g/mol. The van der Waals surface area contributed by atoms with Gasteiger partial charge in [-0.25, -0.2) is 9.59 Å². The first-order valence-electron chi connectivity index (χ1n) is 11.1. The Kier molecular flexibility index (Phi) is 5.90. The lowest BCUT2D eigenvalue weighted by molar-refractivity contribution is -0.135. The Morgan fingerprint density at radius 2 is 2.00 bits per heavy atom. The number of imide groups is 1. The molecular formula is C23H28N4O5. The Hall–Kier alpha value is -3.36. The molecule has 2 aliphatic rings. The molecule has 1 aromatic heterocycles. The highest BCUT2D eigenvalue weighted by molar-refractivity contribution is 6.00. The molecule has 9 nitrogen and oxygen atoms in total. The number of carbonyl (C=O) groups excluding carboxylic acids is 2. The largest absolute Gasteiger partial charge is 0.465 e. The third-order valence-corrected chi connectivity index (χ3v) is 6.49. The smallest absolute Gasteiger partial charge is 0.407 e. The standard InChI is InChI=1S/C23H28N4O5/c1-3-4-6-15-13-14(11-12-26(15)23(31)32)16-7-5-8-17-20(16)25(2)22(30)27(17)18-9-10-19(28)24-21(18)29/h5,7-8,13,15,18H,3-4,6,9-12H2,1-2H3,(H,31,32)(H,24,28,29). The second-order valence-electron chi connectivity index (χ2n) is 8.48. The molecule has 2 atom stereocenters. The number of para-hydroxylation sites is 1. The third-order valence-electron chi connectivity index (χ3n) is 6.49. The van der Waals surface area contributed by atoms with Crippen LogP contribution in [0, 0.1) is 0 Å². The van der Waals surface area contributed by atoms with Gasteiger partial charge in [0.05, 0.1) is 17.1 Å². The highest BCUT2D eigenvalue weighted by Gasteiger charge is 2.32. The Bertz CT molecular complexity index is 1170. The van der Waals surface area contributed by atoms with Crippen molar-refractivity contribution < 1.29 is 19.5 Å². The van der Waals surface area contributed by atoms with Gasteiger partial charge in [-0.15, -0.1) is 0 Å². The van der Waals surface area contributed by atoms with E-state index in [0.717, 1.165) is 30.4 Å². The van der Waals surface area contributed by atoms with Crippen LogP contribution in [0.2, 0.25) is 0 Å². The topological polar surface area (TPSA) is 114 Å². The summed E-state index contributed by atoms with van der Waals surface area (Å²) in [6.07, 6.45) is 4.76. The van der Waals surface area contributed by atoms with Gasteiger partial charge < -0.3 is 10.0 Å². The third kappa shape index (κ3) is 3.72. The summed E-state index contributed by atoms with van der Waals surface area (Å²) in [7, 11) is 1.68. The van der Waals surface area contributed by atoms with E-state index >= 15 is 0 Å². The van der Waals surface area contributed by atoms with Crippen molar-refractivity contribution in [3.8, 4) is 0 Å². The summed E-state index contributed by atoms with van der Waals surface area (Å²) < 4.78 is 3.02. The summed E-state index contributed by atoms with van der Waals surface area (Å²) in [5, 5.41) is 11.9. The van der Waals surface area contributed by atoms with Crippen molar-refractivity contribution in [1.82, 2.24) is 19.4 Å². The molecule has 0 saturated carbocycles. The Morgan fingerprint density at radius 1 is 1.22 bits per heavy atom. The molecule has 3 heterocycles. The number of hydrogen-bond donors (Lipinski definition) is 2. The lowest BCUT2D eigenvalue weighted by atomic mass is 9.93. The molecule has 2 unspecified atom stereocenters. The van der Waals surface area contributed by atoms with Crippen LogP contribution in [0.1, 0.15) is 57.1 Å². The summed E-state index contributed by atoms with van der Waals surface area (Å²) in [6, 6.07) is 4.66. The second kappa shape index (κ2) is 8.64. The van der Waals surface area contributed by atoms with Gasteiger partial charge in [0.2, 0.25) is 11.8 Å². The van der Waals surface area contributed by atoms with Gasteiger partial charge in [-0.3, -0.25) is 24.0 Å². The van der Waals surface area contributed by atoms with Gasteiger partial charge in [0.15, 0.2) is 0 Å². The van der Waals surface area contributed by atoms with E-state index in [1.54, 1.807) is 11.6 Å². The van der Waals surface area contributed by atoms with E-state index in [1.807, 2.05) is 24.3 Å². The number of carboxylic acid groups (broad SMARTS) is 1. The summed E-state index contributed by atoms with van der Waals surface area (Å²) >= 11 is 0. The molecule has 2 N–H and O–H groups in total. The molecule has 0 radical (unpaired) electrons. The molecule has 0 spiro atoms. The normalized spacial score (nSPS) is 21.6. The van der Waals surface area contributed by atoms with Gasteiger partial charge >= 0.3 is 11.8 Å². The van der Waals surface area contributed by atoms with Crippen molar-refractivity contribution >= 4 is 34.5 Å². The zero-order valence-corrected chi connectivity index (χ0v) is 18.3. The summed E-state index contributed by atoms with van der Waals surface area (Å²) in [5.41, 5.74) is 2.92. The molecule has 1 saturated heterocycles. The lowest BCUT2D eigenvalue weighted by Gasteiger charge is -2.32. The van der Waals surface area contributed by atoms with Crippen LogP contribution in [0.3, 0.4) is 0 Å². The first-order chi connectivity index (χ1) is 15.3. The lowest BCUT2D eigenvalue weighted by Crippen LogP contribution is -2.44. The van der Waals surface area contributed by atoms with Gasteiger partial charge in [-0.2, -0.15) is 0 Å². The number of benzene rings is 1. The molecule has 3 amide bonds. The molecule has 4 rings (SSSR count). The van der Waals surface area contributed by atoms with Crippen LogP contribution in [0.25, 0.3) is 16.6 Å². The fourth-order valence-corrected chi connectivity index (χ4v) is 4.85. The molecule has 32 heavy (non-hydrogen) atoms. The van der Waals surface area contributed by atoms with Gasteiger partial charge in [0.25, 0.3) is 0 Å².